The highest BCUT2D eigenvalue weighted by Gasteiger charge is 2.05. The summed E-state index contributed by atoms with van der Waals surface area (Å²) in [6.45, 7) is 3.90. The van der Waals surface area contributed by atoms with E-state index in [4.69, 9.17) is 11.6 Å². The Morgan fingerprint density at radius 3 is 2.81 bits per heavy atom. The number of carbonyl (C=O) groups is 1. The summed E-state index contributed by atoms with van der Waals surface area (Å²) in [6.07, 6.45) is 3.55. The Bertz CT molecular complexity index is 348. The van der Waals surface area contributed by atoms with Gasteiger partial charge in [0.2, 0.25) is 11.9 Å². The maximum atomic E-state index is 11.5. The quantitative estimate of drug-likeness (QED) is 0.637. The van der Waals surface area contributed by atoms with Crippen LogP contribution in [0.15, 0.2) is 6.07 Å². The average molecular weight is 242 g/mol. The van der Waals surface area contributed by atoms with Gasteiger partial charge in [0, 0.05) is 12.1 Å². The molecule has 5 heteroatoms. The zero-order valence-corrected chi connectivity index (χ0v) is 10.3. The first kappa shape index (κ1) is 12.9. The standard InChI is InChI=1S/C11H16ClN3O/c1-3-4-5-6-10(16)15-11-13-8(2)7-9(12)14-11/h7H,3-6H2,1-2H3,(H,13,14,15,16). The van der Waals surface area contributed by atoms with Gasteiger partial charge in [0.05, 0.1) is 0 Å². The Morgan fingerprint density at radius 2 is 2.19 bits per heavy atom. The first-order chi connectivity index (χ1) is 7.61. The molecule has 4 nitrogen and oxygen atoms in total. The first-order valence-electron chi connectivity index (χ1n) is 5.43. The Balaban J connectivity index is 2.49. The molecule has 0 radical (unpaired) electrons. The van der Waals surface area contributed by atoms with Gasteiger partial charge in [-0.05, 0) is 19.4 Å². The fourth-order valence-corrected chi connectivity index (χ4v) is 1.55. The van der Waals surface area contributed by atoms with E-state index in [1.54, 1.807) is 13.0 Å². The molecule has 0 spiro atoms. The van der Waals surface area contributed by atoms with Crippen LogP contribution in [-0.4, -0.2) is 15.9 Å². The summed E-state index contributed by atoms with van der Waals surface area (Å²) in [7, 11) is 0. The van der Waals surface area contributed by atoms with Crippen molar-refractivity contribution < 1.29 is 4.79 Å². The number of halogens is 1. The van der Waals surface area contributed by atoms with Crippen LogP contribution in [0, 0.1) is 6.92 Å². The molecule has 0 unspecified atom stereocenters. The summed E-state index contributed by atoms with van der Waals surface area (Å²) < 4.78 is 0. The van der Waals surface area contributed by atoms with Gasteiger partial charge in [0.25, 0.3) is 0 Å². The van der Waals surface area contributed by atoms with E-state index in [-0.39, 0.29) is 11.9 Å². The summed E-state index contributed by atoms with van der Waals surface area (Å²) in [5, 5.41) is 2.98. The number of nitrogens with zero attached hydrogens (tertiary/aromatic N) is 2. The zero-order chi connectivity index (χ0) is 12.0. The molecule has 1 amide bonds. The largest absolute Gasteiger partial charge is 0.294 e. The number of anilines is 1. The van der Waals surface area contributed by atoms with E-state index in [0.29, 0.717) is 11.6 Å². The highest BCUT2D eigenvalue weighted by atomic mass is 35.5. The highest BCUT2D eigenvalue weighted by molar-refractivity contribution is 6.29. The van der Waals surface area contributed by atoms with Gasteiger partial charge in [0.15, 0.2) is 0 Å². The van der Waals surface area contributed by atoms with Gasteiger partial charge in [-0.3, -0.25) is 10.1 Å². The van der Waals surface area contributed by atoms with Crippen molar-refractivity contribution in [3.8, 4) is 0 Å². The number of carbonyl (C=O) groups excluding carboxylic acids is 1. The molecule has 0 aliphatic carbocycles. The van der Waals surface area contributed by atoms with Gasteiger partial charge < -0.3 is 0 Å². The molecule has 1 heterocycles. The van der Waals surface area contributed by atoms with Crippen molar-refractivity contribution in [1.29, 1.82) is 0 Å². The van der Waals surface area contributed by atoms with E-state index < -0.39 is 0 Å². The summed E-state index contributed by atoms with van der Waals surface area (Å²) in [4.78, 5) is 19.5. The monoisotopic (exact) mass is 241 g/mol. The van der Waals surface area contributed by atoms with Crippen LogP contribution in [0.4, 0.5) is 5.95 Å². The zero-order valence-electron chi connectivity index (χ0n) is 9.59. The van der Waals surface area contributed by atoms with E-state index >= 15 is 0 Å². The van der Waals surface area contributed by atoms with E-state index in [9.17, 15) is 4.79 Å². The molecule has 0 saturated heterocycles. The van der Waals surface area contributed by atoms with Gasteiger partial charge in [-0.15, -0.1) is 0 Å². The number of aryl methyl sites for hydroxylation is 1. The van der Waals surface area contributed by atoms with Gasteiger partial charge in [-0.1, -0.05) is 31.4 Å². The van der Waals surface area contributed by atoms with Crippen LogP contribution >= 0.6 is 11.6 Å². The second kappa shape index (κ2) is 6.43. The topological polar surface area (TPSA) is 54.9 Å². The predicted molar refractivity (Wildman–Crippen MR) is 64.6 cm³/mol. The fourth-order valence-electron chi connectivity index (χ4n) is 1.31. The van der Waals surface area contributed by atoms with E-state index in [0.717, 1.165) is 25.0 Å². The maximum Gasteiger partial charge on any atom is 0.231 e. The van der Waals surface area contributed by atoms with Crippen LogP contribution < -0.4 is 5.32 Å². The van der Waals surface area contributed by atoms with Crippen LogP contribution in [-0.2, 0) is 4.79 Å². The number of nitrogens with one attached hydrogen (secondary N) is 1. The number of rotatable bonds is 5. The predicted octanol–water partition coefficient (Wildman–Crippen LogP) is 2.96. The lowest BCUT2D eigenvalue weighted by molar-refractivity contribution is -0.116. The minimum Gasteiger partial charge on any atom is -0.294 e. The molecule has 0 atom stereocenters. The van der Waals surface area contributed by atoms with Crippen molar-refractivity contribution in [2.45, 2.75) is 39.5 Å². The van der Waals surface area contributed by atoms with Crippen LogP contribution in [0.3, 0.4) is 0 Å². The minimum atomic E-state index is -0.0601. The van der Waals surface area contributed by atoms with Crippen LogP contribution in [0.2, 0.25) is 5.15 Å². The highest BCUT2D eigenvalue weighted by Crippen LogP contribution is 2.10. The normalized spacial score (nSPS) is 10.2. The third-order valence-electron chi connectivity index (χ3n) is 2.08. The van der Waals surface area contributed by atoms with Crippen molar-refractivity contribution in [3.63, 3.8) is 0 Å². The van der Waals surface area contributed by atoms with Crippen molar-refractivity contribution >= 4 is 23.5 Å². The van der Waals surface area contributed by atoms with Crippen LogP contribution in [0.25, 0.3) is 0 Å². The SMILES string of the molecule is CCCCCC(=O)Nc1nc(C)cc(Cl)n1. The average Bonchev–Trinajstić information content (AvgIpc) is 2.16. The molecule has 0 bridgehead atoms. The number of hydrogen-bond acceptors (Lipinski definition) is 3. The molecule has 1 N–H and O–H groups in total. The molecular weight excluding hydrogens is 226 g/mol. The minimum absolute atomic E-state index is 0.0601. The lowest BCUT2D eigenvalue weighted by atomic mass is 10.2. The van der Waals surface area contributed by atoms with E-state index in [1.807, 2.05) is 0 Å². The van der Waals surface area contributed by atoms with Gasteiger partial charge in [-0.25, -0.2) is 9.97 Å². The lowest BCUT2D eigenvalue weighted by Crippen LogP contribution is -2.13. The molecule has 0 aliphatic heterocycles. The molecule has 1 aromatic rings. The molecule has 1 aromatic heterocycles. The molecule has 0 aliphatic rings. The van der Waals surface area contributed by atoms with Crippen molar-refractivity contribution in [2.75, 3.05) is 5.32 Å². The van der Waals surface area contributed by atoms with Gasteiger partial charge in [0.1, 0.15) is 5.15 Å². The maximum absolute atomic E-state index is 11.5. The third kappa shape index (κ3) is 4.57. The third-order valence-corrected chi connectivity index (χ3v) is 2.28. The summed E-state index contributed by atoms with van der Waals surface area (Å²) in [5.41, 5.74) is 0.740. The van der Waals surface area contributed by atoms with E-state index in [2.05, 4.69) is 22.2 Å². The molecule has 0 fully saturated rings. The molecule has 16 heavy (non-hydrogen) atoms. The molecule has 0 aromatic carbocycles. The van der Waals surface area contributed by atoms with Gasteiger partial charge >= 0.3 is 0 Å². The first-order valence-corrected chi connectivity index (χ1v) is 5.80. The molecule has 1 rings (SSSR count). The molecule has 0 saturated carbocycles. The Morgan fingerprint density at radius 1 is 1.44 bits per heavy atom. The van der Waals surface area contributed by atoms with Gasteiger partial charge in [-0.2, -0.15) is 0 Å². The summed E-state index contributed by atoms with van der Waals surface area (Å²) in [5.74, 6) is 0.224. The van der Waals surface area contributed by atoms with E-state index in [1.165, 1.54) is 0 Å². The number of amides is 1. The molecule has 88 valence electrons. The Hall–Kier alpha value is -1.16. The number of unbranched alkanes of at least 4 members (excludes halogenated alkanes) is 2. The molecular formula is C11H16ClN3O. The van der Waals surface area contributed by atoms with Crippen LogP contribution in [0.5, 0.6) is 0 Å². The lowest BCUT2D eigenvalue weighted by Gasteiger charge is -2.04. The number of hydrogen-bond donors (Lipinski definition) is 1. The smallest absolute Gasteiger partial charge is 0.231 e. The Kier molecular flexibility index (Phi) is 5.19. The second-order valence-electron chi connectivity index (χ2n) is 3.66. The van der Waals surface area contributed by atoms with Crippen molar-refractivity contribution in [3.05, 3.63) is 16.9 Å². The summed E-state index contributed by atoms with van der Waals surface area (Å²) in [6, 6.07) is 1.65. The fraction of sp³-hybridized carbons (Fsp3) is 0.545. The van der Waals surface area contributed by atoms with Crippen LogP contribution in [0.1, 0.15) is 38.3 Å². The van der Waals surface area contributed by atoms with Crippen molar-refractivity contribution in [1.82, 2.24) is 9.97 Å². The number of aromatic nitrogens is 2. The van der Waals surface area contributed by atoms with Crippen molar-refractivity contribution in [2.24, 2.45) is 0 Å². The second-order valence-corrected chi connectivity index (χ2v) is 4.05. The Labute approximate surface area is 100 Å². The summed E-state index contributed by atoms with van der Waals surface area (Å²) >= 11 is 5.76.